The van der Waals surface area contributed by atoms with Gasteiger partial charge in [-0.1, -0.05) is 51.7 Å². The average molecular weight is 287 g/mol. The molecule has 1 aromatic rings. The van der Waals surface area contributed by atoms with E-state index in [-0.39, 0.29) is 0 Å². The largest absolute Gasteiger partial charge is 0.195 e. The van der Waals surface area contributed by atoms with Crippen LogP contribution in [0.5, 0.6) is 0 Å². The van der Waals surface area contributed by atoms with Crippen LogP contribution in [0.1, 0.15) is 63.9 Å². The zero-order valence-electron chi connectivity index (χ0n) is 12.6. The van der Waals surface area contributed by atoms with Gasteiger partial charge in [-0.15, -0.1) is 0 Å². The van der Waals surface area contributed by atoms with E-state index < -0.39 is 0 Å². The van der Waals surface area contributed by atoms with Crippen LogP contribution in [-0.2, 0) is 0 Å². The Kier molecular flexibility index (Phi) is 5.94. The first-order valence-electron chi connectivity index (χ1n) is 7.92. The molecule has 1 aliphatic rings. The highest BCUT2D eigenvalue weighted by atomic mass is 32.1. The molecule has 0 heterocycles. The Morgan fingerprint density at radius 3 is 2.40 bits per heavy atom. The molecule has 1 saturated carbocycles. The second-order valence-electron chi connectivity index (χ2n) is 6.15. The normalized spacial score (nSPS) is 23.9. The molecule has 1 nitrogen and oxygen atoms in total. The molecular formula is C18H25NS. The van der Waals surface area contributed by atoms with Gasteiger partial charge < -0.3 is 0 Å². The molecule has 0 radical (unpaired) electrons. The molecule has 1 aromatic carbocycles. The summed E-state index contributed by atoms with van der Waals surface area (Å²) in [4.78, 5) is 4.01. The summed E-state index contributed by atoms with van der Waals surface area (Å²) in [5, 5.41) is 2.42. The first-order chi connectivity index (χ1) is 9.74. The van der Waals surface area contributed by atoms with Crippen LogP contribution in [0.15, 0.2) is 29.3 Å². The molecule has 1 aliphatic carbocycles. The minimum absolute atomic E-state index is 0.656. The number of aliphatic imine (C=N–C) groups is 1. The summed E-state index contributed by atoms with van der Waals surface area (Å²) in [7, 11) is 0. The van der Waals surface area contributed by atoms with E-state index in [9.17, 15) is 0 Å². The van der Waals surface area contributed by atoms with Crippen LogP contribution < -0.4 is 0 Å². The minimum atomic E-state index is 0.656. The van der Waals surface area contributed by atoms with Crippen molar-refractivity contribution in [3.8, 4) is 0 Å². The smallest absolute Gasteiger partial charge is 0.0739 e. The molecule has 20 heavy (non-hydrogen) atoms. The lowest BCUT2D eigenvalue weighted by atomic mass is 9.73. The predicted octanol–water partition coefficient (Wildman–Crippen LogP) is 6.13. The van der Waals surface area contributed by atoms with Crippen molar-refractivity contribution in [1.82, 2.24) is 0 Å². The van der Waals surface area contributed by atoms with Crippen LogP contribution >= 0.6 is 12.2 Å². The highest BCUT2D eigenvalue weighted by molar-refractivity contribution is 7.78. The van der Waals surface area contributed by atoms with Gasteiger partial charge in [0, 0.05) is 0 Å². The molecule has 1 atom stereocenters. The average Bonchev–Trinajstić information content (AvgIpc) is 2.49. The van der Waals surface area contributed by atoms with Gasteiger partial charge in [-0.3, -0.25) is 0 Å². The zero-order valence-corrected chi connectivity index (χ0v) is 13.5. The molecule has 0 aliphatic heterocycles. The molecule has 0 aromatic heterocycles. The lowest BCUT2D eigenvalue weighted by Crippen LogP contribution is -2.19. The molecule has 1 fully saturated rings. The van der Waals surface area contributed by atoms with Crippen LogP contribution in [0, 0.1) is 11.8 Å². The molecule has 1 unspecified atom stereocenters. The standard InChI is InChI=1S/C18H25NS/c1-3-4-15-5-7-16(8-6-15)14(2)17-9-11-18(12-10-17)19-13-20/h9-12,14-16H,3-8H2,1-2H3/t14?,15-,16-. The Balaban J connectivity index is 1.94. The molecule has 0 N–H and O–H groups in total. The Morgan fingerprint density at radius 2 is 1.85 bits per heavy atom. The lowest BCUT2D eigenvalue weighted by Gasteiger charge is -2.32. The maximum Gasteiger partial charge on any atom is 0.0739 e. The molecule has 0 spiro atoms. The van der Waals surface area contributed by atoms with E-state index in [4.69, 9.17) is 0 Å². The van der Waals surface area contributed by atoms with Gasteiger partial charge in [0.1, 0.15) is 0 Å². The van der Waals surface area contributed by atoms with Crippen molar-refractivity contribution in [3.05, 3.63) is 29.8 Å². The predicted molar refractivity (Wildman–Crippen MR) is 89.9 cm³/mol. The van der Waals surface area contributed by atoms with E-state index in [1.54, 1.807) is 0 Å². The summed E-state index contributed by atoms with van der Waals surface area (Å²) in [5.41, 5.74) is 2.34. The van der Waals surface area contributed by atoms with Crippen molar-refractivity contribution in [2.75, 3.05) is 0 Å². The molecule has 2 rings (SSSR count). The maximum absolute atomic E-state index is 4.64. The quantitative estimate of drug-likeness (QED) is 0.468. The van der Waals surface area contributed by atoms with Gasteiger partial charge in [0.25, 0.3) is 0 Å². The van der Waals surface area contributed by atoms with Gasteiger partial charge in [0.15, 0.2) is 0 Å². The highest BCUT2D eigenvalue weighted by Gasteiger charge is 2.25. The number of hydrogen-bond donors (Lipinski definition) is 0. The molecule has 0 amide bonds. The number of hydrogen-bond acceptors (Lipinski definition) is 2. The first-order valence-corrected chi connectivity index (χ1v) is 8.33. The highest BCUT2D eigenvalue weighted by Crippen LogP contribution is 2.39. The van der Waals surface area contributed by atoms with Gasteiger partial charge in [-0.2, -0.15) is 4.99 Å². The number of isothiocyanates is 1. The fourth-order valence-electron chi connectivity index (χ4n) is 3.56. The number of thiocarbonyl (C=S) groups is 1. The van der Waals surface area contributed by atoms with E-state index in [0.717, 1.165) is 17.5 Å². The molecule has 108 valence electrons. The van der Waals surface area contributed by atoms with Crippen LogP contribution in [0.3, 0.4) is 0 Å². The van der Waals surface area contributed by atoms with Gasteiger partial charge in [0.05, 0.1) is 10.8 Å². The Hall–Kier alpha value is -0.980. The van der Waals surface area contributed by atoms with E-state index in [2.05, 4.69) is 48.4 Å². The Bertz CT molecular complexity index is 451. The van der Waals surface area contributed by atoms with E-state index in [0.29, 0.717) is 5.92 Å². The summed E-state index contributed by atoms with van der Waals surface area (Å²) in [6.45, 7) is 4.68. The Labute approximate surface area is 128 Å². The van der Waals surface area contributed by atoms with Crippen molar-refractivity contribution in [3.63, 3.8) is 0 Å². The van der Waals surface area contributed by atoms with Crippen molar-refractivity contribution in [1.29, 1.82) is 0 Å². The fraction of sp³-hybridized carbons (Fsp3) is 0.611. The molecule has 2 heteroatoms. The number of rotatable bonds is 5. The minimum Gasteiger partial charge on any atom is -0.195 e. The van der Waals surface area contributed by atoms with Gasteiger partial charge >= 0.3 is 0 Å². The topological polar surface area (TPSA) is 12.4 Å². The third-order valence-electron chi connectivity index (χ3n) is 4.89. The van der Waals surface area contributed by atoms with Crippen molar-refractivity contribution < 1.29 is 0 Å². The van der Waals surface area contributed by atoms with Gasteiger partial charge in [-0.25, -0.2) is 0 Å². The van der Waals surface area contributed by atoms with Crippen molar-refractivity contribution in [2.24, 2.45) is 16.8 Å². The number of nitrogens with zero attached hydrogens (tertiary/aromatic N) is 1. The lowest BCUT2D eigenvalue weighted by molar-refractivity contribution is 0.239. The SMILES string of the molecule is CCC[C@H]1CC[C@H](C(C)c2ccc(N=C=S)cc2)CC1. The van der Waals surface area contributed by atoms with Crippen LogP contribution in [-0.4, -0.2) is 5.16 Å². The number of benzene rings is 1. The third-order valence-corrected chi connectivity index (χ3v) is 4.98. The maximum atomic E-state index is 4.64. The molecule has 0 saturated heterocycles. The fourth-order valence-corrected chi connectivity index (χ4v) is 3.67. The monoisotopic (exact) mass is 287 g/mol. The van der Waals surface area contributed by atoms with Crippen LogP contribution in [0.25, 0.3) is 0 Å². The summed E-state index contributed by atoms with van der Waals surface area (Å²) in [6.07, 6.45) is 8.40. The summed E-state index contributed by atoms with van der Waals surface area (Å²) < 4.78 is 0. The Morgan fingerprint density at radius 1 is 1.20 bits per heavy atom. The molecular weight excluding hydrogens is 262 g/mol. The summed E-state index contributed by atoms with van der Waals surface area (Å²) >= 11 is 4.64. The van der Waals surface area contributed by atoms with E-state index in [1.165, 1.54) is 44.1 Å². The zero-order chi connectivity index (χ0) is 14.4. The third kappa shape index (κ3) is 4.01. The van der Waals surface area contributed by atoms with E-state index in [1.807, 2.05) is 12.1 Å². The second kappa shape index (κ2) is 7.71. The van der Waals surface area contributed by atoms with Crippen LogP contribution in [0.2, 0.25) is 0 Å². The van der Waals surface area contributed by atoms with Crippen molar-refractivity contribution in [2.45, 2.75) is 58.3 Å². The molecule has 0 bridgehead atoms. The first kappa shape index (κ1) is 15.4. The summed E-state index contributed by atoms with van der Waals surface area (Å²) in [5.74, 6) is 2.49. The van der Waals surface area contributed by atoms with Crippen LogP contribution in [0.4, 0.5) is 5.69 Å². The van der Waals surface area contributed by atoms with Gasteiger partial charge in [0.2, 0.25) is 0 Å². The van der Waals surface area contributed by atoms with E-state index >= 15 is 0 Å². The second-order valence-corrected chi connectivity index (χ2v) is 6.34. The summed E-state index contributed by atoms with van der Waals surface area (Å²) in [6, 6.07) is 8.50. The van der Waals surface area contributed by atoms with Gasteiger partial charge in [-0.05, 0) is 60.5 Å². The van der Waals surface area contributed by atoms with Crippen molar-refractivity contribution >= 4 is 23.1 Å².